The van der Waals surface area contributed by atoms with E-state index < -0.39 is 0 Å². The number of guanidine groups is 1. The molecule has 1 unspecified atom stereocenters. The first-order valence-corrected chi connectivity index (χ1v) is 8.37. The van der Waals surface area contributed by atoms with Crippen molar-refractivity contribution in [1.29, 1.82) is 0 Å². The Labute approximate surface area is 150 Å². The molecule has 0 saturated heterocycles. The van der Waals surface area contributed by atoms with Crippen molar-refractivity contribution >= 4 is 41.3 Å². The average Bonchev–Trinajstić information content (AvgIpc) is 2.96. The van der Waals surface area contributed by atoms with Gasteiger partial charge in [0.15, 0.2) is 5.96 Å². The van der Waals surface area contributed by atoms with E-state index in [2.05, 4.69) is 65.7 Å². The van der Waals surface area contributed by atoms with Gasteiger partial charge in [-0.25, -0.2) is 4.99 Å². The van der Waals surface area contributed by atoms with Gasteiger partial charge in [0.05, 0.1) is 6.54 Å². The van der Waals surface area contributed by atoms with Gasteiger partial charge in [-0.15, -0.1) is 35.3 Å². The maximum atomic E-state index is 4.63. The summed E-state index contributed by atoms with van der Waals surface area (Å²) in [5, 5.41) is 8.83. The van der Waals surface area contributed by atoms with E-state index in [4.69, 9.17) is 0 Å². The third-order valence-corrected chi connectivity index (χ3v) is 4.18. The van der Waals surface area contributed by atoms with Crippen molar-refractivity contribution in [2.75, 3.05) is 26.2 Å². The van der Waals surface area contributed by atoms with Gasteiger partial charge in [0.1, 0.15) is 0 Å². The largest absolute Gasteiger partial charge is 0.357 e. The van der Waals surface area contributed by atoms with Gasteiger partial charge < -0.3 is 10.6 Å². The quantitative estimate of drug-likeness (QED) is 0.383. The molecule has 2 N–H and O–H groups in total. The lowest BCUT2D eigenvalue weighted by atomic mass is 10.3. The highest BCUT2D eigenvalue weighted by molar-refractivity contribution is 14.0. The molecule has 1 aromatic rings. The molecule has 0 amide bonds. The van der Waals surface area contributed by atoms with Crippen LogP contribution in [0.4, 0.5) is 0 Å². The Kier molecular flexibility index (Phi) is 12.0. The Balaban J connectivity index is 0.00000400. The maximum absolute atomic E-state index is 4.63. The van der Waals surface area contributed by atoms with E-state index in [1.807, 2.05) is 0 Å². The smallest absolute Gasteiger partial charge is 0.191 e. The molecule has 0 saturated carbocycles. The number of aliphatic imine (C=N–C) groups is 1. The molecule has 0 aliphatic carbocycles. The van der Waals surface area contributed by atoms with Crippen molar-refractivity contribution in [3.8, 4) is 0 Å². The van der Waals surface area contributed by atoms with Crippen LogP contribution in [0, 0.1) is 0 Å². The second kappa shape index (κ2) is 12.2. The normalized spacial score (nSPS) is 12.9. The molecule has 4 nitrogen and oxygen atoms in total. The van der Waals surface area contributed by atoms with E-state index in [1.54, 1.807) is 11.3 Å². The predicted octanol–water partition coefficient (Wildman–Crippen LogP) is 3.15. The van der Waals surface area contributed by atoms with Crippen molar-refractivity contribution in [2.24, 2.45) is 4.99 Å². The first-order chi connectivity index (χ1) is 9.71. The van der Waals surface area contributed by atoms with Crippen LogP contribution in [0.1, 0.15) is 32.6 Å². The van der Waals surface area contributed by atoms with Gasteiger partial charge in [-0.2, -0.15) is 0 Å². The Morgan fingerprint density at radius 3 is 2.52 bits per heavy atom. The molecule has 6 heteroatoms. The molecule has 21 heavy (non-hydrogen) atoms. The number of hydrogen-bond donors (Lipinski definition) is 2. The van der Waals surface area contributed by atoms with Gasteiger partial charge in [0.2, 0.25) is 0 Å². The Morgan fingerprint density at radius 2 is 2.00 bits per heavy atom. The van der Waals surface area contributed by atoms with Gasteiger partial charge in [-0.3, -0.25) is 4.90 Å². The lowest BCUT2D eigenvalue weighted by molar-refractivity contribution is 0.231. The van der Waals surface area contributed by atoms with Gasteiger partial charge in [-0.05, 0) is 38.4 Å². The van der Waals surface area contributed by atoms with Crippen LogP contribution in [0.25, 0.3) is 0 Å². The van der Waals surface area contributed by atoms with Crippen LogP contribution in [-0.2, 0) is 6.54 Å². The molecule has 0 aromatic carbocycles. The maximum Gasteiger partial charge on any atom is 0.191 e. The van der Waals surface area contributed by atoms with Crippen molar-refractivity contribution in [3.05, 3.63) is 22.4 Å². The fraction of sp³-hybridized carbons (Fsp3) is 0.667. The van der Waals surface area contributed by atoms with Crippen molar-refractivity contribution < 1.29 is 0 Å². The van der Waals surface area contributed by atoms with Crippen LogP contribution in [0.3, 0.4) is 0 Å². The van der Waals surface area contributed by atoms with Crippen molar-refractivity contribution in [2.45, 2.75) is 40.3 Å². The SMILES string of the molecule is CCNC(=NCc1cccs1)NCC(C)N(CC)CC.I. The lowest BCUT2D eigenvalue weighted by Crippen LogP contribution is -2.45. The molecule has 0 spiro atoms. The summed E-state index contributed by atoms with van der Waals surface area (Å²) in [6, 6.07) is 4.70. The third kappa shape index (κ3) is 8.01. The summed E-state index contributed by atoms with van der Waals surface area (Å²) in [4.78, 5) is 8.36. The molecule has 0 fully saturated rings. The molecule has 1 atom stereocenters. The Bertz CT molecular complexity index is 377. The summed E-state index contributed by atoms with van der Waals surface area (Å²) in [5.41, 5.74) is 0. The van der Waals surface area contributed by atoms with Gasteiger partial charge in [-0.1, -0.05) is 19.9 Å². The number of thiophene rings is 1. The summed E-state index contributed by atoms with van der Waals surface area (Å²) >= 11 is 1.75. The topological polar surface area (TPSA) is 39.7 Å². The van der Waals surface area contributed by atoms with Crippen LogP contribution in [0.15, 0.2) is 22.5 Å². The van der Waals surface area contributed by atoms with Gasteiger partial charge in [0, 0.05) is 24.0 Å². The summed E-state index contributed by atoms with van der Waals surface area (Å²) in [5.74, 6) is 0.903. The molecule has 0 aliphatic heterocycles. The minimum atomic E-state index is 0. The fourth-order valence-corrected chi connectivity index (χ4v) is 2.75. The summed E-state index contributed by atoms with van der Waals surface area (Å²) < 4.78 is 0. The average molecular weight is 424 g/mol. The molecule has 1 heterocycles. The molecule has 0 aliphatic rings. The number of nitrogens with zero attached hydrogens (tertiary/aromatic N) is 2. The molecule has 122 valence electrons. The Hall–Kier alpha value is -0.340. The van der Waals surface area contributed by atoms with E-state index in [0.29, 0.717) is 6.04 Å². The molecule has 1 aromatic heterocycles. The highest BCUT2D eigenvalue weighted by Crippen LogP contribution is 2.09. The second-order valence-corrected chi connectivity index (χ2v) is 5.76. The molecular formula is C15H29IN4S. The highest BCUT2D eigenvalue weighted by atomic mass is 127. The number of rotatable bonds is 8. The predicted molar refractivity (Wildman–Crippen MR) is 105 cm³/mol. The summed E-state index contributed by atoms with van der Waals surface area (Å²) in [7, 11) is 0. The first kappa shape index (κ1) is 20.7. The fourth-order valence-electron chi connectivity index (χ4n) is 2.12. The molecule has 0 radical (unpaired) electrons. The first-order valence-electron chi connectivity index (χ1n) is 7.49. The zero-order valence-electron chi connectivity index (χ0n) is 13.6. The lowest BCUT2D eigenvalue weighted by Gasteiger charge is -2.27. The zero-order valence-corrected chi connectivity index (χ0v) is 16.7. The standard InChI is InChI=1S/C15H28N4S.HI/c1-5-16-15(18-12-14-9-8-10-20-14)17-11-13(4)19(6-2)7-3;/h8-10,13H,5-7,11-12H2,1-4H3,(H2,16,17,18);1H. The molecule has 1 rings (SSSR count). The van der Waals surface area contributed by atoms with Gasteiger partial charge >= 0.3 is 0 Å². The van der Waals surface area contributed by atoms with E-state index in [-0.39, 0.29) is 24.0 Å². The minimum Gasteiger partial charge on any atom is -0.357 e. The summed E-state index contributed by atoms with van der Waals surface area (Å²) in [6.45, 7) is 13.5. The van der Waals surface area contributed by atoms with E-state index in [1.165, 1.54) is 4.88 Å². The minimum absolute atomic E-state index is 0. The monoisotopic (exact) mass is 424 g/mol. The van der Waals surface area contributed by atoms with Crippen LogP contribution in [0.2, 0.25) is 0 Å². The number of halogens is 1. The Morgan fingerprint density at radius 1 is 1.29 bits per heavy atom. The van der Waals surface area contributed by atoms with E-state index >= 15 is 0 Å². The van der Waals surface area contributed by atoms with Crippen LogP contribution < -0.4 is 10.6 Å². The zero-order chi connectivity index (χ0) is 14.8. The van der Waals surface area contributed by atoms with Crippen LogP contribution >= 0.6 is 35.3 Å². The van der Waals surface area contributed by atoms with Crippen molar-refractivity contribution in [3.63, 3.8) is 0 Å². The summed E-state index contributed by atoms with van der Waals surface area (Å²) in [6.07, 6.45) is 0. The number of hydrogen-bond acceptors (Lipinski definition) is 3. The molecular weight excluding hydrogens is 395 g/mol. The van der Waals surface area contributed by atoms with Crippen molar-refractivity contribution in [1.82, 2.24) is 15.5 Å². The number of likely N-dealkylation sites (N-methyl/N-ethyl adjacent to an activating group) is 1. The van der Waals surface area contributed by atoms with Crippen LogP contribution in [0.5, 0.6) is 0 Å². The number of nitrogens with one attached hydrogen (secondary N) is 2. The van der Waals surface area contributed by atoms with E-state index in [9.17, 15) is 0 Å². The van der Waals surface area contributed by atoms with Crippen LogP contribution in [-0.4, -0.2) is 43.1 Å². The van der Waals surface area contributed by atoms with Gasteiger partial charge in [0.25, 0.3) is 0 Å². The highest BCUT2D eigenvalue weighted by Gasteiger charge is 2.10. The third-order valence-electron chi connectivity index (χ3n) is 3.32. The van der Waals surface area contributed by atoms with E-state index in [0.717, 1.165) is 38.7 Å². The molecule has 0 bridgehead atoms. The second-order valence-electron chi connectivity index (χ2n) is 4.73.